The van der Waals surface area contributed by atoms with E-state index < -0.39 is 0 Å². The van der Waals surface area contributed by atoms with Gasteiger partial charge in [-0.25, -0.2) is 0 Å². The maximum Gasteiger partial charge on any atom is 0.289 e. The average Bonchev–Trinajstić information content (AvgIpc) is 2.88. The largest absolute Gasteiger partial charge is 0.444 e. The third-order valence-electron chi connectivity index (χ3n) is 3.18. The third kappa shape index (κ3) is 3.98. The van der Waals surface area contributed by atoms with Crippen LogP contribution in [-0.2, 0) is 4.79 Å². The summed E-state index contributed by atoms with van der Waals surface area (Å²) in [5.41, 5.74) is 2.79. The van der Waals surface area contributed by atoms with Crippen molar-refractivity contribution >= 4 is 33.4 Å². The molecule has 0 fully saturated rings. The fraction of sp³-hybridized carbons (Fsp3) is 0.250. The van der Waals surface area contributed by atoms with Gasteiger partial charge in [-0.05, 0) is 59.1 Å². The van der Waals surface area contributed by atoms with E-state index >= 15 is 0 Å². The molecule has 0 bridgehead atoms. The molecule has 0 aliphatic heterocycles. The van der Waals surface area contributed by atoms with Crippen molar-refractivity contribution in [3.63, 3.8) is 0 Å². The molecular weight excluding hydrogens is 348 g/mol. The van der Waals surface area contributed by atoms with Gasteiger partial charge in [-0.2, -0.15) is 0 Å². The zero-order valence-electron chi connectivity index (χ0n) is 12.6. The van der Waals surface area contributed by atoms with Crippen LogP contribution < -0.4 is 5.32 Å². The second-order valence-electron chi connectivity index (χ2n) is 5.13. The number of aryl methyl sites for hydroxylation is 2. The Morgan fingerprint density at radius 1 is 1.23 bits per heavy atom. The molecule has 1 aromatic carbocycles. The van der Waals surface area contributed by atoms with Gasteiger partial charge in [-0.1, -0.05) is 12.1 Å². The Morgan fingerprint density at radius 3 is 2.59 bits per heavy atom. The van der Waals surface area contributed by atoms with Gasteiger partial charge in [0, 0.05) is 12.7 Å². The average molecular weight is 365 g/mol. The Kier molecular flexibility index (Phi) is 5.03. The van der Waals surface area contributed by atoms with Crippen LogP contribution >= 0.6 is 15.9 Å². The van der Waals surface area contributed by atoms with Gasteiger partial charge >= 0.3 is 0 Å². The van der Waals surface area contributed by atoms with E-state index in [-0.39, 0.29) is 24.1 Å². The van der Waals surface area contributed by atoms with Crippen LogP contribution in [0, 0.1) is 13.8 Å². The molecule has 0 aliphatic carbocycles. The number of carbonyl (C=O) groups is 2. The summed E-state index contributed by atoms with van der Waals surface area (Å²) in [6, 6.07) is 9.02. The molecule has 1 heterocycles. The summed E-state index contributed by atoms with van der Waals surface area (Å²) in [5.74, 6) is -0.411. The van der Waals surface area contributed by atoms with Crippen molar-refractivity contribution in [3.05, 3.63) is 51.9 Å². The minimum atomic E-state index is -0.346. The van der Waals surface area contributed by atoms with Crippen molar-refractivity contribution < 1.29 is 14.0 Å². The van der Waals surface area contributed by atoms with Gasteiger partial charge in [0.1, 0.15) is 0 Å². The summed E-state index contributed by atoms with van der Waals surface area (Å²) < 4.78 is 5.67. The Hall–Kier alpha value is -2.08. The molecule has 22 heavy (non-hydrogen) atoms. The molecule has 0 atom stereocenters. The van der Waals surface area contributed by atoms with Crippen LogP contribution in [-0.4, -0.2) is 30.3 Å². The summed E-state index contributed by atoms with van der Waals surface area (Å²) in [4.78, 5) is 25.5. The first-order chi connectivity index (χ1) is 10.4. The topological polar surface area (TPSA) is 62.6 Å². The number of hydrogen-bond donors (Lipinski definition) is 1. The van der Waals surface area contributed by atoms with Crippen molar-refractivity contribution in [2.24, 2.45) is 0 Å². The number of carbonyl (C=O) groups excluding carboxylic acids is 2. The SMILES string of the molecule is Cc1ccc(C)c(NC(=O)CN(C)C(=O)c2ccc(Br)o2)c1. The van der Waals surface area contributed by atoms with E-state index in [2.05, 4.69) is 21.2 Å². The van der Waals surface area contributed by atoms with E-state index in [4.69, 9.17) is 4.42 Å². The highest BCUT2D eigenvalue weighted by Gasteiger charge is 2.18. The van der Waals surface area contributed by atoms with Crippen LogP contribution in [0.3, 0.4) is 0 Å². The first-order valence-electron chi connectivity index (χ1n) is 6.74. The molecule has 2 amide bonds. The van der Waals surface area contributed by atoms with Gasteiger partial charge in [-0.15, -0.1) is 0 Å². The minimum Gasteiger partial charge on any atom is -0.444 e. The summed E-state index contributed by atoms with van der Waals surface area (Å²) in [6.07, 6.45) is 0. The summed E-state index contributed by atoms with van der Waals surface area (Å²) in [7, 11) is 1.56. The Balaban J connectivity index is 1.99. The number of anilines is 1. The number of halogens is 1. The van der Waals surface area contributed by atoms with Crippen LogP contribution in [0.25, 0.3) is 0 Å². The molecular formula is C16H17BrN2O3. The smallest absolute Gasteiger partial charge is 0.289 e. The lowest BCUT2D eigenvalue weighted by Crippen LogP contribution is -2.34. The van der Waals surface area contributed by atoms with Crippen LogP contribution in [0.2, 0.25) is 0 Å². The first kappa shape index (κ1) is 16.3. The lowest BCUT2D eigenvalue weighted by Gasteiger charge is -2.16. The molecule has 5 nitrogen and oxygen atoms in total. The highest BCUT2D eigenvalue weighted by molar-refractivity contribution is 9.10. The zero-order valence-corrected chi connectivity index (χ0v) is 14.2. The zero-order chi connectivity index (χ0) is 16.3. The molecule has 0 saturated carbocycles. The number of hydrogen-bond acceptors (Lipinski definition) is 3. The maximum absolute atomic E-state index is 12.1. The lowest BCUT2D eigenvalue weighted by molar-refractivity contribution is -0.116. The Morgan fingerprint density at radius 2 is 1.95 bits per heavy atom. The Bertz CT molecular complexity index is 709. The van der Waals surface area contributed by atoms with Gasteiger partial charge in [0.2, 0.25) is 5.91 Å². The summed E-state index contributed by atoms with van der Waals surface area (Å²) in [6.45, 7) is 3.83. The molecule has 0 unspecified atom stereocenters. The minimum absolute atomic E-state index is 0.0511. The molecule has 0 saturated heterocycles. The van der Waals surface area contributed by atoms with E-state index in [1.165, 1.54) is 4.90 Å². The van der Waals surface area contributed by atoms with E-state index in [1.807, 2.05) is 32.0 Å². The fourth-order valence-corrected chi connectivity index (χ4v) is 2.27. The van der Waals surface area contributed by atoms with Crippen molar-refractivity contribution in [1.82, 2.24) is 4.90 Å². The highest BCUT2D eigenvalue weighted by atomic mass is 79.9. The molecule has 0 radical (unpaired) electrons. The van der Waals surface area contributed by atoms with Crippen LogP contribution in [0.1, 0.15) is 21.7 Å². The quantitative estimate of drug-likeness (QED) is 0.904. The monoisotopic (exact) mass is 364 g/mol. The molecule has 6 heteroatoms. The standard InChI is InChI=1S/C16H17BrN2O3/c1-10-4-5-11(2)12(8-10)18-15(20)9-19(3)16(21)13-6-7-14(17)22-13/h4-8H,9H2,1-3H3,(H,18,20). The van der Waals surface area contributed by atoms with Crippen molar-refractivity contribution in [2.45, 2.75) is 13.8 Å². The van der Waals surface area contributed by atoms with Crippen LogP contribution in [0.5, 0.6) is 0 Å². The molecule has 116 valence electrons. The van der Waals surface area contributed by atoms with Gasteiger partial charge < -0.3 is 14.6 Å². The normalized spacial score (nSPS) is 10.4. The summed E-state index contributed by atoms with van der Waals surface area (Å²) >= 11 is 3.14. The van der Waals surface area contributed by atoms with E-state index in [1.54, 1.807) is 19.2 Å². The van der Waals surface area contributed by atoms with Gasteiger partial charge in [0.05, 0.1) is 6.54 Å². The second-order valence-corrected chi connectivity index (χ2v) is 5.91. The lowest BCUT2D eigenvalue weighted by atomic mass is 10.1. The van der Waals surface area contributed by atoms with Crippen molar-refractivity contribution in [1.29, 1.82) is 0 Å². The molecule has 1 aromatic heterocycles. The Labute approximate surface area is 137 Å². The molecule has 2 aromatic rings. The van der Waals surface area contributed by atoms with E-state index in [9.17, 15) is 9.59 Å². The number of furan rings is 1. The fourth-order valence-electron chi connectivity index (χ4n) is 1.96. The third-order valence-corrected chi connectivity index (χ3v) is 3.60. The predicted molar refractivity (Wildman–Crippen MR) is 87.9 cm³/mol. The van der Waals surface area contributed by atoms with E-state index in [0.29, 0.717) is 4.67 Å². The molecule has 0 spiro atoms. The van der Waals surface area contributed by atoms with Crippen LogP contribution in [0.15, 0.2) is 39.4 Å². The molecule has 1 N–H and O–H groups in total. The van der Waals surface area contributed by atoms with Crippen molar-refractivity contribution in [3.8, 4) is 0 Å². The van der Waals surface area contributed by atoms with Crippen molar-refractivity contribution in [2.75, 3.05) is 18.9 Å². The highest BCUT2D eigenvalue weighted by Crippen LogP contribution is 2.17. The van der Waals surface area contributed by atoms with Gasteiger partial charge in [0.15, 0.2) is 10.4 Å². The maximum atomic E-state index is 12.1. The summed E-state index contributed by atoms with van der Waals surface area (Å²) in [5, 5.41) is 2.82. The first-order valence-corrected chi connectivity index (χ1v) is 7.54. The predicted octanol–water partition coefficient (Wildman–Crippen LogP) is 3.37. The van der Waals surface area contributed by atoms with Gasteiger partial charge in [0.25, 0.3) is 5.91 Å². The number of benzene rings is 1. The number of likely N-dealkylation sites (N-methyl/N-ethyl adjacent to an activating group) is 1. The molecule has 0 aliphatic rings. The number of amides is 2. The van der Waals surface area contributed by atoms with Crippen LogP contribution in [0.4, 0.5) is 5.69 Å². The molecule has 2 rings (SSSR count). The second kappa shape index (κ2) is 6.79. The number of nitrogens with one attached hydrogen (secondary N) is 1. The van der Waals surface area contributed by atoms with Gasteiger partial charge in [-0.3, -0.25) is 9.59 Å². The number of nitrogens with zero attached hydrogens (tertiary/aromatic N) is 1. The van der Waals surface area contributed by atoms with E-state index in [0.717, 1.165) is 16.8 Å². The number of rotatable bonds is 4.